The molecule has 1 amide bonds. The lowest BCUT2D eigenvalue weighted by Crippen LogP contribution is -2.53. The third-order valence-corrected chi connectivity index (χ3v) is 3.73. The van der Waals surface area contributed by atoms with E-state index in [4.69, 9.17) is 5.73 Å². The van der Waals surface area contributed by atoms with Crippen LogP contribution in [0.15, 0.2) is 0 Å². The summed E-state index contributed by atoms with van der Waals surface area (Å²) in [5.74, 6) is 1.09. The monoisotopic (exact) mass is 245 g/mol. The molecule has 0 radical (unpaired) electrons. The molecule has 0 saturated carbocycles. The van der Waals surface area contributed by atoms with E-state index >= 15 is 0 Å². The highest BCUT2D eigenvalue weighted by atomic mass is 32.2. The third-order valence-electron chi connectivity index (χ3n) is 3.08. The second kappa shape index (κ2) is 7.14. The fraction of sp³-hybridized carbons (Fsp3) is 0.909. The van der Waals surface area contributed by atoms with Gasteiger partial charge in [-0.15, -0.1) is 0 Å². The minimum absolute atomic E-state index is 0.129. The molecular weight excluding hydrogens is 222 g/mol. The molecule has 1 aliphatic heterocycles. The summed E-state index contributed by atoms with van der Waals surface area (Å²) in [6, 6.07) is -0.305. The fourth-order valence-corrected chi connectivity index (χ4v) is 2.38. The van der Waals surface area contributed by atoms with Gasteiger partial charge in [-0.05, 0) is 25.0 Å². The number of carbonyl (C=O) groups excluding carboxylic acids is 1. The summed E-state index contributed by atoms with van der Waals surface area (Å²) in [5, 5.41) is 0. The first-order chi connectivity index (χ1) is 7.69. The van der Waals surface area contributed by atoms with Crippen LogP contribution in [0.2, 0.25) is 0 Å². The number of amides is 1. The van der Waals surface area contributed by atoms with Crippen molar-refractivity contribution in [3.63, 3.8) is 0 Å². The molecule has 1 aliphatic rings. The average Bonchev–Trinajstić information content (AvgIpc) is 2.35. The number of likely N-dealkylation sites (N-methyl/N-ethyl adjacent to an activating group) is 1. The summed E-state index contributed by atoms with van der Waals surface area (Å²) < 4.78 is 0. The zero-order valence-electron chi connectivity index (χ0n) is 10.3. The normalized spacial score (nSPS) is 19.8. The molecule has 0 aromatic heterocycles. The first-order valence-electron chi connectivity index (χ1n) is 5.94. The van der Waals surface area contributed by atoms with E-state index in [0.717, 1.165) is 44.9 Å². The lowest BCUT2D eigenvalue weighted by atomic mass is 10.2. The zero-order valence-corrected chi connectivity index (χ0v) is 11.1. The highest BCUT2D eigenvalue weighted by molar-refractivity contribution is 7.98. The zero-order chi connectivity index (χ0) is 12.0. The Morgan fingerprint density at radius 3 is 2.50 bits per heavy atom. The van der Waals surface area contributed by atoms with E-state index in [-0.39, 0.29) is 11.9 Å². The van der Waals surface area contributed by atoms with Crippen molar-refractivity contribution in [2.75, 3.05) is 44.7 Å². The van der Waals surface area contributed by atoms with Crippen molar-refractivity contribution < 1.29 is 4.79 Å². The topological polar surface area (TPSA) is 49.6 Å². The summed E-state index contributed by atoms with van der Waals surface area (Å²) in [4.78, 5) is 16.2. The maximum atomic E-state index is 12.0. The standard InChI is InChI=1S/C11H23N3OS/c1-3-13-5-7-14(8-6-13)11(15)10(12)4-9-16-2/h10H,3-9,12H2,1-2H3/t10-/m1/s1. The van der Waals surface area contributed by atoms with Gasteiger partial charge in [0.25, 0.3) is 0 Å². The summed E-state index contributed by atoms with van der Waals surface area (Å²) in [5.41, 5.74) is 5.88. The number of nitrogens with zero attached hydrogens (tertiary/aromatic N) is 2. The SMILES string of the molecule is CCN1CCN(C(=O)[C@H](N)CCSC)CC1. The van der Waals surface area contributed by atoms with Crippen LogP contribution >= 0.6 is 11.8 Å². The van der Waals surface area contributed by atoms with E-state index in [2.05, 4.69) is 11.8 Å². The van der Waals surface area contributed by atoms with E-state index in [1.54, 1.807) is 11.8 Å². The molecule has 1 atom stereocenters. The minimum atomic E-state index is -0.305. The lowest BCUT2D eigenvalue weighted by molar-refractivity contribution is -0.134. The predicted octanol–water partition coefficient (Wildman–Crippen LogP) is 0.231. The van der Waals surface area contributed by atoms with Gasteiger partial charge < -0.3 is 15.5 Å². The molecule has 5 heteroatoms. The molecule has 1 rings (SSSR count). The van der Waals surface area contributed by atoms with Gasteiger partial charge in [-0.25, -0.2) is 0 Å². The summed E-state index contributed by atoms with van der Waals surface area (Å²) >= 11 is 1.74. The Bertz CT molecular complexity index is 217. The number of nitrogens with two attached hydrogens (primary N) is 1. The van der Waals surface area contributed by atoms with Gasteiger partial charge in [0.2, 0.25) is 5.91 Å². The van der Waals surface area contributed by atoms with Crippen LogP contribution in [-0.4, -0.2) is 66.5 Å². The Morgan fingerprint density at radius 2 is 2.00 bits per heavy atom. The molecule has 2 N–H and O–H groups in total. The third kappa shape index (κ3) is 3.96. The molecule has 94 valence electrons. The smallest absolute Gasteiger partial charge is 0.239 e. The maximum Gasteiger partial charge on any atom is 0.239 e. The molecule has 0 spiro atoms. The molecule has 0 bridgehead atoms. The van der Waals surface area contributed by atoms with Crippen LogP contribution < -0.4 is 5.73 Å². The number of carbonyl (C=O) groups is 1. The van der Waals surface area contributed by atoms with Crippen molar-refractivity contribution in [2.24, 2.45) is 5.73 Å². The van der Waals surface area contributed by atoms with Crippen molar-refractivity contribution in [3.8, 4) is 0 Å². The number of hydrogen-bond acceptors (Lipinski definition) is 4. The van der Waals surface area contributed by atoms with Crippen LogP contribution in [0.1, 0.15) is 13.3 Å². The summed E-state index contributed by atoms with van der Waals surface area (Å²) in [6.45, 7) is 6.86. The number of piperazine rings is 1. The molecule has 0 aliphatic carbocycles. The summed E-state index contributed by atoms with van der Waals surface area (Å²) in [6.07, 6.45) is 2.82. The molecule has 0 aromatic carbocycles. The van der Waals surface area contributed by atoms with E-state index in [0.29, 0.717) is 0 Å². The van der Waals surface area contributed by atoms with Gasteiger partial charge in [-0.2, -0.15) is 11.8 Å². The summed E-state index contributed by atoms with van der Waals surface area (Å²) in [7, 11) is 0. The molecule has 1 fully saturated rings. The number of thioether (sulfide) groups is 1. The van der Waals surface area contributed by atoms with Gasteiger partial charge in [0.05, 0.1) is 6.04 Å². The van der Waals surface area contributed by atoms with Crippen LogP contribution in [0.3, 0.4) is 0 Å². The predicted molar refractivity (Wildman–Crippen MR) is 69.7 cm³/mol. The molecule has 1 saturated heterocycles. The van der Waals surface area contributed by atoms with Crippen molar-refractivity contribution >= 4 is 17.7 Å². The van der Waals surface area contributed by atoms with Gasteiger partial charge in [-0.3, -0.25) is 4.79 Å². The van der Waals surface area contributed by atoms with Crippen molar-refractivity contribution in [1.82, 2.24) is 9.80 Å². The van der Waals surface area contributed by atoms with E-state index in [9.17, 15) is 4.79 Å². The number of rotatable bonds is 5. The molecule has 1 heterocycles. The van der Waals surface area contributed by atoms with Crippen LogP contribution in [0.25, 0.3) is 0 Å². The van der Waals surface area contributed by atoms with Crippen LogP contribution in [-0.2, 0) is 4.79 Å². The van der Waals surface area contributed by atoms with E-state index < -0.39 is 0 Å². The Hall–Kier alpha value is -0.260. The largest absolute Gasteiger partial charge is 0.339 e. The molecular formula is C11H23N3OS. The maximum absolute atomic E-state index is 12.0. The minimum Gasteiger partial charge on any atom is -0.339 e. The lowest BCUT2D eigenvalue weighted by Gasteiger charge is -2.35. The van der Waals surface area contributed by atoms with Gasteiger partial charge in [0, 0.05) is 26.2 Å². The van der Waals surface area contributed by atoms with Crippen LogP contribution in [0.5, 0.6) is 0 Å². The first kappa shape index (κ1) is 13.8. The Labute approximate surface area is 103 Å². The van der Waals surface area contributed by atoms with Gasteiger partial charge in [0.1, 0.15) is 0 Å². The van der Waals surface area contributed by atoms with Gasteiger partial charge >= 0.3 is 0 Å². The number of hydrogen-bond donors (Lipinski definition) is 1. The van der Waals surface area contributed by atoms with Crippen molar-refractivity contribution in [3.05, 3.63) is 0 Å². The Morgan fingerprint density at radius 1 is 1.38 bits per heavy atom. The van der Waals surface area contributed by atoms with Gasteiger partial charge in [-0.1, -0.05) is 6.92 Å². The van der Waals surface area contributed by atoms with E-state index in [1.807, 2.05) is 11.2 Å². The van der Waals surface area contributed by atoms with Crippen LogP contribution in [0, 0.1) is 0 Å². The second-order valence-electron chi connectivity index (χ2n) is 4.15. The van der Waals surface area contributed by atoms with Gasteiger partial charge in [0.15, 0.2) is 0 Å². The van der Waals surface area contributed by atoms with E-state index in [1.165, 1.54) is 0 Å². The molecule has 16 heavy (non-hydrogen) atoms. The quantitative estimate of drug-likeness (QED) is 0.753. The highest BCUT2D eigenvalue weighted by Gasteiger charge is 2.24. The molecule has 0 unspecified atom stereocenters. The Balaban J connectivity index is 2.32. The van der Waals surface area contributed by atoms with Crippen molar-refractivity contribution in [2.45, 2.75) is 19.4 Å². The molecule has 0 aromatic rings. The fourth-order valence-electron chi connectivity index (χ4n) is 1.89. The Kier molecular flexibility index (Phi) is 6.16. The first-order valence-corrected chi connectivity index (χ1v) is 7.34. The average molecular weight is 245 g/mol. The molecule has 4 nitrogen and oxygen atoms in total. The second-order valence-corrected chi connectivity index (χ2v) is 5.13. The van der Waals surface area contributed by atoms with Crippen molar-refractivity contribution in [1.29, 1.82) is 0 Å². The van der Waals surface area contributed by atoms with Crippen LogP contribution in [0.4, 0.5) is 0 Å². The highest BCUT2D eigenvalue weighted by Crippen LogP contribution is 2.06.